The van der Waals surface area contributed by atoms with Crippen molar-refractivity contribution in [3.05, 3.63) is 17.5 Å². The van der Waals surface area contributed by atoms with Crippen LogP contribution >= 0.6 is 0 Å². The van der Waals surface area contributed by atoms with E-state index in [1.54, 1.807) is 6.07 Å². The molecule has 14 heavy (non-hydrogen) atoms. The summed E-state index contributed by atoms with van der Waals surface area (Å²) < 4.78 is 0. The van der Waals surface area contributed by atoms with Crippen molar-refractivity contribution in [2.24, 2.45) is 0 Å². The van der Waals surface area contributed by atoms with Gasteiger partial charge in [-0.25, -0.2) is 4.79 Å². The lowest BCUT2D eigenvalue weighted by atomic mass is 10.1. The smallest absolute Gasteiger partial charge is 0.356 e. The molecular formula is C9H13N3O2. The Bertz CT molecular complexity index is 348. The van der Waals surface area contributed by atoms with Gasteiger partial charge in [0.05, 0.1) is 11.7 Å². The molecule has 1 aromatic heterocycles. The van der Waals surface area contributed by atoms with Crippen molar-refractivity contribution in [3.63, 3.8) is 0 Å². The van der Waals surface area contributed by atoms with Gasteiger partial charge in [0.1, 0.15) is 0 Å². The lowest BCUT2D eigenvalue weighted by molar-refractivity contribution is 0.0690. The SMILES string of the molecule is CN1CCC[C@@H]1c1cc(C(=O)O)n[nH]1. The first kappa shape index (κ1) is 9.21. The van der Waals surface area contributed by atoms with Crippen LogP contribution in [0.25, 0.3) is 0 Å². The average molecular weight is 195 g/mol. The second-order valence-electron chi connectivity index (χ2n) is 3.65. The van der Waals surface area contributed by atoms with E-state index in [4.69, 9.17) is 5.11 Å². The molecule has 1 atom stereocenters. The molecule has 2 rings (SSSR count). The Hall–Kier alpha value is -1.36. The number of likely N-dealkylation sites (tertiary alicyclic amines) is 1. The number of rotatable bonds is 2. The first-order valence-corrected chi connectivity index (χ1v) is 4.67. The quantitative estimate of drug-likeness (QED) is 0.734. The summed E-state index contributed by atoms with van der Waals surface area (Å²) in [5, 5.41) is 15.2. The topological polar surface area (TPSA) is 69.2 Å². The number of aromatic carboxylic acids is 1. The fraction of sp³-hybridized carbons (Fsp3) is 0.556. The van der Waals surface area contributed by atoms with E-state index in [0.29, 0.717) is 6.04 Å². The van der Waals surface area contributed by atoms with Crippen LogP contribution in [0.5, 0.6) is 0 Å². The molecule has 0 aromatic carbocycles. The molecule has 0 saturated carbocycles. The molecule has 1 aliphatic heterocycles. The van der Waals surface area contributed by atoms with E-state index in [2.05, 4.69) is 15.1 Å². The Morgan fingerprint density at radius 3 is 3.07 bits per heavy atom. The Kier molecular flexibility index (Phi) is 2.25. The number of hydrogen-bond donors (Lipinski definition) is 2. The molecule has 0 aliphatic carbocycles. The number of hydrogen-bond acceptors (Lipinski definition) is 3. The summed E-state index contributed by atoms with van der Waals surface area (Å²) in [7, 11) is 2.04. The van der Waals surface area contributed by atoms with Gasteiger partial charge in [0.15, 0.2) is 5.69 Å². The van der Waals surface area contributed by atoms with E-state index in [1.165, 1.54) is 0 Å². The van der Waals surface area contributed by atoms with Crippen LogP contribution in [-0.4, -0.2) is 39.8 Å². The Balaban J connectivity index is 2.20. The maximum Gasteiger partial charge on any atom is 0.356 e. The number of nitrogens with one attached hydrogen (secondary N) is 1. The molecule has 5 nitrogen and oxygen atoms in total. The van der Waals surface area contributed by atoms with Gasteiger partial charge < -0.3 is 5.11 Å². The monoisotopic (exact) mass is 195 g/mol. The van der Waals surface area contributed by atoms with Gasteiger partial charge in [-0.05, 0) is 32.5 Å². The van der Waals surface area contributed by atoms with E-state index in [1.807, 2.05) is 7.05 Å². The van der Waals surface area contributed by atoms with Gasteiger partial charge in [-0.2, -0.15) is 5.10 Å². The molecule has 1 saturated heterocycles. The van der Waals surface area contributed by atoms with E-state index < -0.39 is 5.97 Å². The molecule has 1 fully saturated rings. The van der Waals surface area contributed by atoms with Gasteiger partial charge in [-0.15, -0.1) is 0 Å². The Labute approximate surface area is 81.7 Å². The summed E-state index contributed by atoms with van der Waals surface area (Å²) in [4.78, 5) is 12.8. The summed E-state index contributed by atoms with van der Waals surface area (Å²) >= 11 is 0. The van der Waals surface area contributed by atoms with Crippen LogP contribution in [0, 0.1) is 0 Å². The second-order valence-corrected chi connectivity index (χ2v) is 3.65. The predicted molar refractivity (Wildman–Crippen MR) is 50.2 cm³/mol. The summed E-state index contributed by atoms with van der Waals surface area (Å²) in [6, 6.07) is 1.92. The third-order valence-electron chi connectivity index (χ3n) is 2.70. The minimum Gasteiger partial charge on any atom is -0.476 e. The minimum absolute atomic E-state index is 0.0975. The molecule has 0 radical (unpaired) electrons. The van der Waals surface area contributed by atoms with Crippen molar-refractivity contribution in [2.45, 2.75) is 18.9 Å². The zero-order valence-corrected chi connectivity index (χ0v) is 8.03. The Morgan fingerprint density at radius 1 is 1.79 bits per heavy atom. The van der Waals surface area contributed by atoms with Crippen molar-refractivity contribution in [1.29, 1.82) is 0 Å². The van der Waals surface area contributed by atoms with E-state index in [9.17, 15) is 4.79 Å². The van der Waals surface area contributed by atoms with Gasteiger partial charge in [0.25, 0.3) is 0 Å². The fourth-order valence-corrected chi connectivity index (χ4v) is 1.92. The first-order valence-electron chi connectivity index (χ1n) is 4.67. The van der Waals surface area contributed by atoms with Crippen molar-refractivity contribution in [1.82, 2.24) is 15.1 Å². The third-order valence-corrected chi connectivity index (χ3v) is 2.70. The van der Waals surface area contributed by atoms with Gasteiger partial charge in [0, 0.05) is 0 Å². The van der Waals surface area contributed by atoms with Crippen molar-refractivity contribution in [2.75, 3.05) is 13.6 Å². The normalized spacial score (nSPS) is 22.8. The lowest BCUT2D eigenvalue weighted by Crippen LogP contribution is -2.17. The summed E-state index contributed by atoms with van der Waals surface area (Å²) in [6.07, 6.45) is 2.22. The molecule has 2 N–H and O–H groups in total. The number of carbonyl (C=O) groups is 1. The molecule has 1 aliphatic rings. The van der Waals surface area contributed by atoms with Crippen LogP contribution in [0.3, 0.4) is 0 Å². The maximum atomic E-state index is 10.6. The highest BCUT2D eigenvalue weighted by atomic mass is 16.4. The second kappa shape index (κ2) is 3.42. The molecule has 5 heteroatoms. The molecule has 2 heterocycles. The summed E-state index contributed by atoms with van der Waals surface area (Å²) in [6.45, 7) is 1.06. The van der Waals surface area contributed by atoms with E-state index >= 15 is 0 Å². The molecule has 76 valence electrons. The standard InChI is InChI=1S/C9H13N3O2/c1-12-4-2-3-8(12)6-5-7(9(13)14)11-10-6/h5,8H,2-4H2,1H3,(H,10,11)(H,13,14)/t8-/m1/s1. The molecule has 0 bridgehead atoms. The molecular weight excluding hydrogens is 182 g/mol. The predicted octanol–water partition coefficient (Wildman–Crippen LogP) is 0.875. The zero-order chi connectivity index (χ0) is 10.1. The molecule has 1 aromatic rings. The van der Waals surface area contributed by atoms with Gasteiger partial charge in [0.2, 0.25) is 0 Å². The minimum atomic E-state index is -0.979. The summed E-state index contributed by atoms with van der Waals surface area (Å²) in [5.41, 5.74) is 1.00. The Morgan fingerprint density at radius 2 is 2.57 bits per heavy atom. The average Bonchev–Trinajstić information content (AvgIpc) is 2.71. The number of carboxylic acids is 1. The first-order chi connectivity index (χ1) is 6.68. The summed E-state index contributed by atoms with van der Waals surface area (Å²) in [5.74, 6) is -0.979. The van der Waals surface area contributed by atoms with Crippen LogP contribution in [-0.2, 0) is 0 Å². The van der Waals surface area contributed by atoms with Gasteiger partial charge in [-0.3, -0.25) is 10.00 Å². The number of aromatic amines is 1. The molecule has 0 unspecified atom stereocenters. The molecule has 0 spiro atoms. The van der Waals surface area contributed by atoms with E-state index in [0.717, 1.165) is 25.1 Å². The van der Waals surface area contributed by atoms with Crippen LogP contribution in [0.4, 0.5) is 0 Å². The van der Waals surface area contributed by atoms with Gasteiger partial charge >= 0.3 is 5.97 Å². The highest BCUT2D eigenvalue weighted by molar-refractivity contribution is 5.85. The van der Waals surface area contributed by atoms with Crippen molar-refractivity contribution >= 4 is 5.97 Å². The number of H-pyrrole nitrogens is 1. The fourth-order valence-electron chi connectivity index (χ4n) is 1.92. The largest absolute Gasteiger partial charge is 0.476 e. The number of carboxylic acid groups (broad SMARTS) is 1. The lowest BCUT2D eigenvalue weighted by Gasteiger charge is -2.16. The van der Waals surface area contributed by atoms with Gasteiger partial charge in [-0.1, -0.05) is 0 Å². The zero-order valence-electron chi connectivity index (χ0n) is 8.03. The van der Waals surface area contributed by atoms with Crippen LogP contribution in [0.2, 0.25) is 0 Å². The van der Waals surface area contributed by atoms with Crippen LogP contribution in [0.1, 0.15) is 35.1 Å². The third kappa shape index (κ3) is 1.50. The number of aromatic nitrogens is 2. The van der Waals surface area contributed by atoms with Crippen LogP contribution in [0.15, 0.2) is 6.07 Å². The maximum absolute atomic E-state index is 10.6. The van der Waals surface area contributed by atoms with Crippen molar-refractivity contribution < 1.29 is 9.90 Å². The highest BCUT2D eigenvalue weighted by Crippen LogP contribution is 2.28. The molecule has 0 amide bonds. The van der Waals surface area contributed by atoms with Crippen LogP contribution < -0.4 is 0 Å². The van der Waals surface area contributed by atoms with Crippen molar-refractivity contribution in [3.8, 4) is 0 Å². The van der Waals surface area contributed by atoms with E-state index in [-0.39, 0.29) is 5.69 Å². The highest BCUT2D eigenvalue weighted by Gasteiger charge is 2.24. The number of nitrogens with zero attached hydrogens (tertiary/aromatic N) is 2.